The summed E-state index contributed by atoms with van der Waals surface area (Å²) >= 11 is 0. The van der Waals surface area contributed by atoms with Crippen LogP contribution >= 0.6 is 0 Å². The third-order valence-corrected chi connectivity index (χ3v) is 4.08. The van der Waals surface area contributed by atoms with E-state index < -0.39 is 5.92 Å². The highest BCUT2D eigenvalue weighted by Gasteiger charge is 2.34. The summed E-state index contributed by atoms with van der Waals surface area (Å²) in [6.45, 7) is 0.360. The fourth-order valence-corrected chi connectivity index (χ4v) is 2.77. The normalized spacial score (nSPS) is 17.1. The molecule has 0 radical (unpaired) electrons. The molecule has 1 fully saturated rings. The Bertz CT molecular complexity index is 790. The summed E-state index contributed by atoms with van der Waals surface area (Å²) in [5, 5.41) is 3.98. The Balaban J connectivity index is 1.61. The number of hydrazone groups is 1. The molecule has 2 amide bonds. The number of nitrogens with one attached hydrogen (secondary N) is 1. The molecule has 25 heavy (non-hydrogen) atoms. The van der Waals surface area contributed by atoms with Crippen LogP contribution in [0.5, 0.6) is 5.75 Å². The molecule has 1 heterocycles. The number of amides is 2. The first kappa shape index (κ1) is 16.7. The Hall–Kier alpha value is -3.15. The first-order valence-electron chi connectivity index (χ1n) is 8.00. The number of ether oxygens (including phenoxy) is 1. The van der Waals surface area contributed by atoms with Crippen LogP contribution in [0.4, 0.5) is 5.69 Å². The molecule has 1 atom stereocenters. The van der Waals surface area contributed by atoms with E-state index in [0.29, 0.717) is 12.3 Å². The molecular weight excluding hydrogens is 318 g/mol. The monoisotopic (exact) mass is 337 g/mol. The summed E-state index contributed by atoms with van der Waals surface area (Å²) < 4.78 is 5.22. The topological polar surface area (TPSA) is 71.0 Å². The van der Waals surface area contributed by atoms with Crippen LogP contribution in [-0.2, 0) is 9.59 Å². The lowest BCUT2D eigenvalue weighted by molar-refractivity contribution is -0.126. The zero-order chi connectivity index (χ0) is 17.6. The average molecular weight is 337 g/mol. The average Bonchev–Trinajstić information content (AvgIpc) is 3.04. The van der Waals surface area contributed by atoms with Crippen molar-refractivity contribution in [1.29, 1.82) is 0 Å². The van der Waals surface area contributed by atoms with E-state index in [1.807, 2.05) is 54.6 Å². The van der Waals surface area contributed by atoms with Gasteiger partial charge in [0.05, 0.1) is 19.2 Å². The Labute approximate surface area is 146 Å². The molecule has 128 valence electrons. The summed E-state index contributed by atoms with van der Waals surface area (Å²) in [4.78, 5) is 26.1. The molecule has 1 aliphatic heterocycles. The van der Waals surface area contributed by atoms with Crippen LogP contribution < -0.4 is 15.1 Å². The number of nitrogens with zero attached hydrogens (tertiary/aromatic N) is 2. The number of benzene rings is 2. The second-order valence-corrected chi connectivity index (χ2v) is 5.72. The maximum Gasteiger partial charge on any atom is 0.245 e. The molecule has 6 nitrogen and oxygen atoms in total. The summed E-state index contributed by atoms with van der Waals surface area (Å²) in [7, 11) is 1.58. The Morgan fingerprint density at radius 2 is 1.92 bits per heavy atom. The molecule has 1 saturated heterocycles. The summed E-state index contributed by atoms with van der Waals surface area (Å²) in [6, 6.07) is 16.7. The van der Waals surface area contributed by atoms with Crippen LogP contribution in [0.15, 0.2) is 59.7 Å². The highest BCUT2D eigenvalue weighted by Crippen LogP contribution is 2.24. The molecule has 0 bridgehead atoms. The van der Waals surface area contributed by atoms with Crippen molar-refractivity contribution < 1.29 is 14.3 Å². The third-order valence-electron chi connectivity index (χ3n) is 4.08. The summed E-state index contributed by atoms with van der Waals surface area (Å²) in [6.07, 6.45) is 1.72. The minimum absolute atomic E-state index is 0.0555. The van der Waals surface area contributed by atoms with Gasteiger partial charge < -0.3 is 9.64 Å². The van der Waals surface area contributed by atoms with Gasteiger partial charge in [0, 0.05) is 24.2 Å². The predicted molar refractivity (Wildman–Crippen MR) is 95.6 cm³/mol. The van der Waals surface area contributed by atoms with Crippen LogP contribution in [0, 0.1) is 5.92 Å². The summed E-state index contributed by atoms with van der Waals surface area (Å²) in [5.41, 5.74) is 4.08. The van der Waals surface area contributed by atoms with Gasteiger partial charge in [0.15, 0.2) is 0 Å². The van der Waals surface area contributed by atoms with E-state index in [1.54, 1.807) is 12.0 Å². The van der Waals surface area contributed by atoms with Crippen LogP contribution in [0.1, 0.15) is 12.0 Å². The quantitative estimate of drug-likeness (QED) is 0.672. The van der Waals surface area contributed by atoms with Gasteiger partial charge in [0.2, 0.25) is 11.8 Å². The summed E-state index contributed by atoms with van der Waals surface area (Å²) in [5.74, 6) is -0.0627. The SMILES string of the molecule is COc1ccccc1/C=N/NC(=O)C1CC(=O)N(c2ccccc2)C1. The van der Waals surface area contributed by atoms with Gasteiger partial charge >= 0.3 is 0 Å². The fourth-order valence-electron chi connectivity index (χ4n) is 2.77. The number of rotatable bonds is 5. The van der Waals surface area contributed by atoms with Crippen LogP contribution in [-0.4, -0.2) is 31.7 Å². The van der Waals surface area contributed by atoms with Crippen LogP contribution in [0.3, 0.4) is 0 Å². The van der Waals surface area contributed by atoms with E-state index in [-0.39, 0.29) is 18.2 Å². The molecule has 0 aliphatic carbocycles. The Morgan fingerprint density at radius 3 is 2.68 bits per heavy atom. The van der Waals surface area contributed by atoms with Crippen molar-refractivity contribution in [2.75, 3.05) is 18.6 Å². The van der Waals surface area contributed by atoms with Gasteiger partial charge in [-0.1, -0.05) is 30.3 Å². The van der Waals surface area contributed by atoms with Crippen molar-refractivity contribution in [2.24, 2.45) is 11.0 Å². The van der Waals surface area contributed by atoms with Crippen molar-refractivity contribution in [3.63, 3.8) is 0 Å². The van der Waals surface area contributed by atoms with Crippen molar-refractivity contribution in [3.8, 4) is 5.75 Å². The second-order valence-electron chi connectivity index (χ2n) is 5.72. The van der Waals surface area contributed by atoms with Gasteiger partial charge in [-0.05, 0) is 24.3 Å². The highest BCUT2D eigenvalue weighted by molar-refractivity contribution is 6.00. The van der Waals surface area contributed by atoms with Gasteiger partial charge in [-0.15, -0.1) is 0 Å². The number of hydrogen-bond donors (Lipinski definition) is 1. The van der Waals surface area contributed by atoms with E-state index in [1.165, 1.54) is 6.21 Å². The molecule has 0 aromatic heterocycles. The maximum absolute atomic E-state index is 12.3. The van der Waals surface area contributed by atoms with Gasteiger partial charge in [-0.2, -0.15) is 5.10 Å². The standard InChI is InChI=1S/C19H19N3O3/c1-25-17-10-6-5-7-14(17)12-20-21-19(24)15-11-18(23)22(13-15)16-8-3-2-4-9-16/h2-10,12,15H,11,13H2,1H3,(H,21,24)/b20-12+. The second kappa shape index (κ2) is 7.61. The molecule has 2 aromatic carbocycles. The fraction of sp³-hybridized carbons (Fsp3) is 0.211. The molecule has 1 aliphatic rings. The lowest BCUT2D eigenvalue weighted by Gasteiger charge is -2.16. The number of carbonyl (C=O) groups excluding carboxylic acids is 2. The van der Waals surface area contributed by atoms with Gasteiger partial charge in [-0.3, -0.25) is 9.59 Å². The molecule has 2 aromatic rings. The van der Waals surface area contributed by atoms with E-state index in [0.717, 1.165) is 11.3 Å². The molecule has 6 heteroatoms. The van der Waals surface area contributed by atoms with Gasteiger partial charge in [-0.25, -0.2) is 5.43 Å². The predicted octanol–water partition coefficient (Wildman–Crippen LogP) is 2.20. The Kier molecular flexibility index (Phi) is 5.09. The lowest BCUT2D eigenvalue weighted by atomic mass is 10.1. The van der Waals surface area contributed by atoms with Gasteiger partial charge in [0.1, 0.15) is 5.75 Å². The minimum atomic E-state index is -0.414. The molecular formula is C19H19N3O3. The molecule has 3 rings (SSSR count). The largest absolute Gasteiger partial charge is 0.496 e. The number of hydrogen-bond acceptors (Lipinski definition) is 4. The van der Waals surface area contributed by atoms with E-state index in [2.05, 4.69) is 10.5 Å². The maximum atomic E-state index is 12.3. The van der Waals surface area contributed by atoms with E-state index >= 15 is 0 Å². The number of para-hydroxylation sites is 2. The van der Waals surface area contributed by atoms with Gasteiger partial charge in [0.25, 0.3) is 0 Å². The number of anilines is 1. The molecule has 0 spiro atoms. The van der Waals surface area contributed by atoms with Crippen LogP contribution in [0.2, 0.25) is 0 Å². The number of carbonyl (C=O) groups is 2. The molecule has 1 N–H and O–H groups in total. The van der Waals surface area contributed by atoms with Crippen LogP contribution in [0.25, 0.3) is 0 Å². The van der Waals surface area contributed by atoms with E-state index in [9.17, 15) is 9.59 Å². The Morgan fingerprint density at radius 1 is 1.20 bits per heavy atom. The minimum Gasteiger partial charge on any atom is -0.496 e. The smallest absolute Gasteiger partial charge is 0.245 e. The van der Waals surface area contributed by atoms with Crippen molar-refractivity contribution in [1.82, 2.24) is 5.43 Å². The number of methoxy groups -OCH3 is 1. The first-order chi connectivity index (χ1) is 12.2. The highest BCUT2D eigenvalue weighted by atomic mass is 16.5. The van der Waals surface area contributed by atoms with Crippen molar-refractivity contribution in [3.05, 3.63) is 60.2 Å². The molecule has 1 unspecified atom stereocenters. The zero-order valence-corrected chi connectivity index (χ0v) is 13.9. The zero-order valence-electron chi connectivity index (χ0n) is 13.9. The van der Waals surface area contributed by atoms with E-state index in [4.69, 9.17) is 4.74 Å². The van der Waals surface area contributed by atoms with Crippen molar-refractivity contribution in [2.45, 2.75) is 6.42 Å². The lowest BCUT2D eigenvalue weighted by Crippen LogP contribution is -2.30. The van der Waals surface area contributed by atoms with Crippen molar-refractivity contribution >= 4 is 23.7 Å². The third kappa shape index (κ3) is 3.85. The first-order valence-corrected chi connectivity index (χ1v) is 8.00. The molecule has 0 saturated carbocycles.